The molecule has 0 heterocycles. The van der Waals surface area contributed by atoms with Gasteiger partial charge in [-0.05, 0) is 39.5 Å². The van der Waals surface area contributed by atoms with Crippen LogP contribution in [0, 0.1) is 0 Å². The number of esters is 2. The van der Waals surface area contributed by atoms with Crippen LogP contribution in [0.4, 0.5) is 0 Å². The number of rotatable bonds is 13. The molecule has 0 radical (unpaired) electrons. The fourth-order valence-electron chi connectivity index (χ4n) is 2.31. The summed E-state index contributed by atoms with van der Waals surface area (Å²) in [7, 11) is 0. The minimum absolute atomic E-state index is 0.289. The third kappa shape index (κ3) is 9.53. The van der Waals surface area contributed by atoms with Crippen molar-refractivity contribution in [1.29, 1.82) is 0 Å². The summed E-state index contributed by atoms with van der Waals surface area (Å²) in [6, 6.07) is 0. The van der Waals surface area contributed by atoms with E-state index < -0.39 is 11.9 Å². The average Bonchev–Trinajstić information content (AvgIpc) is 2.56. The van der Waals surface area contributed by atoms with Gasteiger partial charge >= 0.3 is 11.9 Å². The second kappa shape index (κ2) is 15.0. The molecule has 4 heteroatoms. The van der Waals surface area contributed by atoms with Crippen molar-refractivity contribution in [1.82, 2.24) is 0 Å². The van der Waals surface area contributed by atoms with Crippen LogP contribution >= 0.6 is 0 Å². The molecule has 0 aromatic heterocycles. The first kappa shape index (κ1) is 22.4. The molecule has 0 unspecified atom stereocenters. The summed E-state index contributed by atoms with van der Waals surface area (Å²) in [5.41, 5.74) is 0.700. The molecule has 138 valence electrons. The van der Waals surface area contributed by atoms with Gasteiger partial charge in [0, 0.05) is 0 Å². The molecule has 4 nitrogen and oxygen atoms in total. The van der Waals surface area contributed by atoms with E-state index in [0.29, 0.717) is 11.1 Å². The van der Waals surface area contributed by atoms with E-state index in [1.54, 1.807) is 13.8 Å². The van der Waals surface area contributed by atoms with Gasteiger partial charge in [0.15, 0.2) is 0 Å². The lowest BCUT2D eigenvalue weighted by Gasteiger charge is -2.11. The summed E-state index contributed by atoms with van der Waals surface area (Å²) in [4.78, 5) is 24.6. The summed E-state index contributed by atoms with van der Waals surface area (Å²) in [6.45, 7) is 8.37. The van der Waals surface area contributed by atoms with Crippen molar-refractivity contribution in [3.05, 3.63) is 23.3 Å². The average molecular weight is 338 g/mol. The molecule has 0 atom stereocenters. The zero-order valence-electron chi connectivity index (χ0n) is 15.9. The van der Waals surface area contributed by atoms with Gasteiger partial charge in [0.2, 0.25) is 0 Å². The van der Waals surface area contributed by atoms with Crippen molar-refractivity contribution in [3.8, 4) is 0 Å². The van der Waals surface area contributed by atoms with Crippen LogP contribution in [0.25, 0.3) is 0 Å². The Morgan fingerprint density at radius 1 is 0.667 bits per heavy atom. The van der Waals surface area contributed by atoms with E-state index in [1.165, 1.54) is 0 Å². The van der Waals surface area contributed by atoms with E-state index in [2.05, 4.69) is 13.8 Å². The van der Waals surface area contributed by atoms with Gasteiger partial charge in [-0.15, -0.1) is 0 Å². The first-order chi connectivity index (χ1) is 11.6. The predicted molar refractivity (Wildman–Crippen MR) is 97.7 cm³/mol. The largest absolute Gasteiger partial charge is 0.462 e. The number of hydrogen-bond acceptors (Lipinski definition) is 4. The fraction of sp³-hybridized carbons (Fsp3) is 0.700. The lowest BCUT2D eigenvalue weighted by molar-refractivity contribution is -0.142. The maximum atomic E-state index is 12.3. The SMILES string of the molecule is CCCCCC=C(C(=O)OCC)C(=CCCCCC)C(=O)OCC. The molecule has 0 amide bonds. The Labute approximate surface area is 147 Å². The number of allylic oxidation sites excluding steroid dienone is 2. The molecular formula is C20H34O4. The molecule has 0 aliphatic rings. The second-order valence-electron chi connectivity index (χ2n) is 5.67. The van der Waals surface area contributed by atoms with Gasteiger partial charge in [0.05, 0.1) is 24.4 Å². The van der Waals surface area contributed by atoms with E-state index in [0.717, 1.165) is 51.4 Å². The Morgan fingerprint density at radius 2 is 1.04 bits per heavy atom. The lowest BCUT2D eigenvalue weighted by Crippen LogP contribution is -2.17. The standard InChI is InChI=1S/C20H34O4/c1-5-9-11-13-15-17(19(21)23-7-3)18(20(22)24-8-4)16-14-12-10-6-2/h15-16H,5-14H2,1-4H3. The van der Waals surface area contributed by atoms with Gasteiger partial charge in [0.25, 0.3) is 0 Å². The number of hydrogen-bond donors (Lipinski definition) is 0. The second-order valence-corrected chi connectivity index (χ2v) is 5.67. The minimum Gasteiger partial charge on any atom is -0.462 e. The number of ether oxygens (including phenoxy) is 2. The molecule has 0 spiro atoms. The van der Waals surface area contributed by atoms with E-state index >= 15 is 0 Å². The molecule has 0 aromatic rings. The molecule has 0 rings (SSSR count). The topological polar surface area (TPSA) is 52.6 Å². The van der Waals surface area contributed by atoms with Crippen LogP contribution in [0.1, 0.15) is 79.1 Å². The maximum absolute atomic E-state index is 12.3. The molecule has 0 aromatic carbocycles. The van der Waals surface area contributed by atoms with Gasteiger partial charge in [0.1, 0.15) is 0 Å². The lowest BCUT2D eigenvalue weighted by atomic mass is 10.0. The summed E-state index contributed by atoms with van der Waals surface area (Å²) < 4.78 is 10.3. The van der Waals surface area contributed by atoms with Crippen molar-refractivity contribution in [2.45, 2.75) is 79.1 Å². The van der Waals surface area contributed by atoms with Crippen LogP contribution in [-0.4, -0.2) is 25.2 Å². The number of unbranched alkanes of at least 4 members (excludes halogenated alkanes) is 6. The molecule has 0 saturated heterocycles. The van der Waals surface area contributed by atoms with Gasteiger partial charge < -0.3 is 9.47 Å². The van der Waals surface area contributed by atoms with Crippen molar-refractivity contribution in [2.24, 2.45) is 0 Å². The van der Waals surface area contributed by atoms with Crippen LogP contribution < -0.4 is 0 Å². The molecule has 0 aliphatic carbocycles. The molecule has 0 bridgehead atoms. The highest BCUT2D eigenvalue weighted by Gasteiger charge is 2.22. The monoisotopic (exact) mass is 338 g/mol. The smallest absolute Gasteiger partial charge is 0.338 e. The molecule has 0 N–H and O–H groups in total. The third-order valence-electron chi connectivity index (χ3n) is 3.59. The Morgan fingerprint density at radius 3 is 1.33 bits per heavy atom. The van der Waals surface area contributed by atoms with E-state index in [1.807, 2.05) is 12.2 Å². The van der Waals surface area contributed by atoms with Crippen molar-refractivity contribution in [2.75, 3.05) is 13.2 Å². The maximum Gasteiger partial charge on any atom is 0.338 e. The molecule has 0 aliphatic heterocycles. The van der Waals surface area contributed by atoms with Gasteiger partial charge in [-0.25, -0.2) is 9.59 Å². The Hall–Kier alpha value is -1.58. The minimum atomic E-state index is -0.441. The van der Waals surface area contributed by atoms with Crippen LogP contribution in [0.15, 0.2) is 23.3 Å². The molecular weight excluding hydrogens is 304 g/mol. The Kier molecular flexibility index (Phi) is 14.0. The van der Waals surface area contributed by atoms with Gasteiger partial charge in [-0.2, -0.15) is 0 Å². The fourth-order valence-corrected chi connectivity index (χ4v) is 2.31. The molecule has 0 saturated carbocycles. The van der Waals surface area contributed by atoms with Crippen molar-refractivity contribution < 1.29 is 19.1 Å². The van der Waals surface area contributed by atoms with Gasteiger partial charge in [-0.1, -0.05) is 51.7 Å². The van der Waals surface area contributed by atoms with Crippen LogP contribution in [-0.2, 0) is 19.1 Å². The first-order valence-corrected chi connectivity index (χ1v) is 9.37. The summed E-state index contributed by atoms with van der Waals surface area (Å²) in [5.74, 6) is -0.882. The summed E-state index contributed by atoms with van der Waals surface area (Å²) >= 11 is 0. The van der Waals surface area contributed by atoms with E-state index in [4.69, 9.17) is 9.47 Å². The van der Waals surface area contributed by atoms with Crippen molar-refractivity contribution in [3.63, 3.8) is 0 Å². The van der Waals surface area contributed by atoms with Crippen LogP contribution in [0.5, 0.6) is 0 Å². The highest BCUT2D eigenvalue weighted by atomic mass is 16.5. The predicted octanol–water partition coefficient (Wildman–Crippen LogP) is 5.13. The van der Waals surface area contributed by atoms with Gasteiger partial charge in [-0.3, -0.25) is 0 Å². The summed E-state index contributed by atoms with van der Waals surface area (Å²) in [6.07, 6.45) is 11.6. The zero-order chi connectivity index (χ0) is 18.2. The van der Waals surface area contributed by atoms with E-state index in [9.17, 15) is 9.59 Å². The summed E-state index contributed by atoms with van der Waals surface area (Å²) in [5, 5.41) is 0. The Bertz CT molecular complexity index is 381. The third-order valence-corrected chi connectivity index (χ3v) is 3.59. The highest BCUT2D eigenvalue weighted by molar-refractivity contribution is 6.06. The van der Waals surface area contributed by atoms with Crippen LogP contribution in [0.3, 0.4) is 0 Å². The molecule has 24 heavy (non-hydrogen) atoms. The first-order valence-electron chi connectivity index (χ1n) is 9.37. The Balaban J connectivity index is 5.34. The number of carbonyl (C=O) groups is 2. The van der Waals surface area contributed by atoms with Crippen molar-refractivity contribution >= 4 is 11.9 Å². The van der Waals surface area contributed by atoms with Crippen LogP contribution in [0.2, 0.25) is 0 Å². The zero-order valence-corrected chi connectivity index (χ0v) is 15.9. The quantitative estimate of drug-likeness (QED) is 0.202. The van der Waals surface area contributed by atoms with E-state index in [-0.39, 0.29) is 13.2 Å². The number of carbonyl (C=O) groups excluding carboxylic acids is 2. The highest BCUT2D eigenvalue weighted by Crippen LogP contribution is 2.18. The normalized spacial score (nSPS) is 12.2. The molecule has 0 fully saturated rings.